The highest BCUT2D eigenvalue weighted by atomic mass is 16.5. The molecular formula is C21H22O4. The first kappa shape index (κ1) is 18.3. The standard InChI is InChI=1S/C21H22O4/c1-5-9-15(8-4)18-14-17(22)21-19(24-11-7-3)12-16(23-10-6-2)13-20(21)25-18/h5-9,12-14H,2-3,10-11H2,1,4H3/b9-5-,15-8+. The first-order chi connectivity index (χ1) is 12.1. The maximum absolute atomic E-state index is 12.7. The lowest BCUT2D eigenvalue weighted by Gasteiger charge is -2.11. The third-order valence-corrected chi connectivity index (χ3v) is 3.43. The summed E-state index contributed by atoms with van der Waals surface area (Å²) in [6.45, 7) is 11.7. The Morgan fingerprint density at radius 1 is 1.12 bits per heavy atom. The highest BCUT2D eigenvalue weighted by Crippen LogP contribution is 2.31. The minimum atomic E-state index is -0.172. The van der Waals surface area contributed by atoms with E-state index in [1.54, 1.807) is 24.3 Å². The molecule has 0 aliphatic rings. The van der Waals surface area contributed by atoms with Crippen LogP contribution in [-0.2, 0) is 0 Å². The number of hydrogen-bond donors (Lipinski definition) is 0. The van der Waals surface area contributed by atoms with E-state index in [9.17, 15) is 4.79 Å². The number of allylic oxidation sites excluding steroid dienone is 4. The first-order valence-corrected chi connectivity index (χ1v) is 8.03. The van der Waals surface area contributed by atoms with E-state index in [-0.39, 0.29) is 12.0 Å². The number of benzene rings is 1. The number of rotatable bonds is 8. The largest absolute Gasteiger partial charge is 0.489 e. The van der Waals surface area contributed by atoms with Gasteiger partial charge >= 0.3 is 0 Å². The Bertz CT molecular complexity index is 885. The number of fused-ring (bicyclic) bond motifs is 1. The zero-order chi connectivity index (χ0) is 18.2. The molecule has 0 spiro atoms. The van der Waals surface area contributed by atoms with Crippen molar-refractivity contribution >= 4 is 16.5 Å². The smallest absolute Gasteiger partial charge is 0.197 e. The van der Waals surface area contributed by atoms with Crippen LogP contribution in [0.5, 0.6) is 11.5 Å². The summed E-state index contributed by atoms with van der Waals surface area (Å²) in [6.07, 6.45) is 8.92. The quantitative estimate of drug-likeness (QED) is 0.507. The van der Waals surface area contributed by atoms with Gasteiger partial charge in [-0.3, -0.25) is 4.79 Å². The van der Waals surface area contributed by atoms with Crippen molar-refractivity contribution in [3.63, 3.8) is 0 Å². The molecule has 0 saturated carbocycles. The second-order valence-electron chi connectivity index (χ2n) is 5.21. The molecule has 0 aliphatic heterocycles. The van der Waals surface area contributed by atoms with Crippen LogP contribution in [0.2, 0.25) is 0 Å². The van der Waals surface area contributed by atoms with E-state index in [0.717, 1.165) is 5.57 Å². The van der Waals surface area contributed by atoms with Crippen LogP contribution in [0.15, 0.2) is 70.9 Å². The number of ether oxygens (including phenoxy) is 2. The van der Waals surface area contributed by atoms with E-state index in [2.05, 4.69) is 13.2 Å². The topological polar surface area (TPSA) is 48.7 Å². The Balaban J connectivity index is 2.68. The molecule has 0 saturated heterocycles. The van der Waals surface area contributed by atoms with Crippen LogP contribution < -0.4 is 14.9 Å². The van der Waals surface area contributed by atoms with E-state index in [0.29, 0.717) is 34.8 Å². The van der Waals surface area contributed by atoms with Crippen LogP contribution in [0.3, 0.4) is 0 Å². The van der Waals surface area contributed by atoms with Crippen LogP contribution in [0.4, 0.5) is 0 Å². The predicted octanol–water partition coefficient (Wildman–Crippen LogP) is 4.90. The molecule has 0 radical (unpaired) electrons. The third kappa shape index (κ3) is 4.29. The van der Waals surface area contributed by atoms with Gasteiger partial charge in [0.05, 0.1) is 0 Å². The third-order valence-electron chi connectivity index (χ3n) is 3.43. The number of hydrogen-bond acceptors (Lipinski definition) is 4. The van der Waals surface area contributed by atoms with Gasteiger partial charge < -0.3 is 13.9 Å². The lowest BCUT2D eigenvalue weighted by atomic mass is 10.1. The van der Waals surface area contributed by atoms with E-state index < -0.39 is 0 Å². The second kappa shape index (κ2) is 8.73. The Morgan fingerprint density at radius 2 is 1.84 bits per heavy atom. The maximum Gasteiger partial charge on any atom is 0.197 e. The molecule has 0 bridgehead atoms. The van der Waals surface area contributed by atoms with Crippen LogP contribution in [0, 0.1) is 0 Å². The van der Waals surface area contributed by atoms with Gasteiger partial charge in [-0.1, -0.05) is 43.5 Å². The van der Waals surface area contributed by atoms with Crippen molar-refractivity contribution in [3.05, 3.63) is 77.7 Å². The molecule has 0 atom stereocenters. The van der Waals surface area contributed by atoms with Crippen molar-refractivity contribution in [1.29, 1.82) is 0 Å². The van der Waals surface area contributed by atoms with Crippen molar-refractivity contribution in [2.75, 3.05) is 13.2 Å². The summed E-state index contributed by atoms with van der Waals surface area (Å²) in [6, 6.07) is 4.84. The SMILES string of the molecule is C=CCOc1cc(OCC=C)c2c(=O)cc(C(/C=C\C)=C/C)oc2c1. The Morgan fingerprint density at radius 3 is 2.48 bits per heavy atom. The van der Waals surface area contributed by atoms with E-state index in [4.69, 9.17) is 13.9 Å². The summed E-state index contributed by atoms with van der Waals surface area (Å²) < 4.78 is 17.2. The molecule has 0 amide bonds. The van der Waals surface area contributed by atoms with Crippen molar-refractivity contribution in [3.8, 4) is 11.5 Å². The maximum atomic E-state index is 12.7. The van der Waals surface area contributed by atoms with Gasteiger partial charge in [0.1, 0.15) is 41.4 Å². The van der Waals surface area contributed by atoms with Gasteiger partial charge in [0.15, 0.2) is 5.43 Å². The Labute approximate surface area is 147 Å². The van der Waals surface area contributed by atoms with Gasteiger partial charge in [0, 0.05) is 23.8 Å². The summed E-state index contributed by atoms with van der Waals surface area (Å²) in [4.78, 5) is 12.7. The van der Waals surface area contributed by atoms with E-state index in [1.165, 1.54) is 6.07 Å². The molecule has 0 N–H and O–H groups in total. The molecule has 2 aromatic rings. The zero-order valence-corrected chi connectivity index (χ0v) is 14.6. The van der Waals surface area contributed by atoms with Gasteiger partial charge in [-0.05, 0) is 13.8 Å². The van der Waals surface area contributed by atoms with Crippen molar-refractivity contribution in [2.24, 2.45) is 0 Å². The zero-order valence-electron chi connectivity index (χ0n) is 14.6. The van der Waals surface area contributed by atoms with Gasteiger partial charge in [-0.15, -0.1) is 0 Å². The lowest BCUT2D eigenvalue weighted by molar-refractivity contribution is 0.347. The normalized spacial score (nSPS) is 11.7. The molecule has 130 valence electrons. The van der Waals surface area contributed by atoms with Crippen molar-refractivity contribution in [1.82, 2.24) is 0 Å². The molecule has 1 aromatic heterocycles. The average Bonchev–Trinajstić information content (AvgIpc) is 2.61. The Hall–Kier alpha value is -3.01. The molecule has 0 fully saturated rings. The fourth-order valence-corrected chi connectivity index (χ4v) is 2.37. The van der Waals surface area contributed by atoms with Crippen LogP contribution in [-0.4, -0.2) is 13.2 Å². The summed E-state index contributed by atoms with van der Waals surface area (Å²) in [5, 5.41) is 0.382. The molecule has 0 unspecified atom stereocenters. The van der Waals surface area contributed by atoms with E-state index in [1.807, 2.05) is 32.1 Å². The van der Waals surface area contributed by atoms with Crippen LogP contribution >= 0.6 is 0 Å². The summed E-state index contributed by atoms with van der Waals surface area (Å²) in [5.41, 5.74) is 1.06. The average molecular weight is 338 g/mol. The second-order valence-corrected chi connectivity index (χ2v) is 5.21. The molecule has 1 heterocycles. The van der Waals surface area contributed by atoms with Crippen molar-refractivity contribution in [2.45, 2.75) is 13.8 Å². The van der Waals surface area contributed by atoms with Gasteiger partial charge in [-0.2, -0.15) is 0 Å². The van der Waals surface area contributed by atoms with Crippen LogP contribution in [0.25, 0.3) is 16.5 Å². The van der Waals surface area contributed by atoms with E-state index >= 15 is 0 Å². The lowest BCUT2D eigenvalue weighted by Crippen LogP contribution is -2.06. The van der Waals surface area contributed by atoms with Gasteiger partial charge in [0.25, 0.3) is 0 Å². The molecule has 25 heavy (non-hydrogen) atoms. The Kier molecular flexibility index (Phi) is 6.40. The van der Waals surface area contributed by atoms with Crippen LogP contribution in [0.1, 0.15) is 19.6 Å². The van der Waals surface area contributed by atoms with Gasteiger partial charge in [0.2, 0.25) is 0 Å². The minimum absolute atomic E-state index is 0.172. The molecule has 4 nitrogen and oxygen atoms in total. The molecular weight excluding hydrogens is 316 g/mol. The first-order valence-electron chi connectivity index (χ1n) is 8.03. The fourth-order valence-electron chi connectivity index (χ4n) is 2.37. The van der Waals surface area contributed by atoms with Gasteiger partial charge in [-0.25, -0.2) is 0 Å². The monoisotopic (exact) mass is 338 g/mol. The highest BCUT2D eigenvalue weighted by Gasteiger charge is 2.14. The minimum Gasteiger partial charge on any atom is -0.489 e. The summed E-state index contributed by atoms with van der Waals surface area (Å²) in [5.74, 6) is 1.44. The molecule has 0 aliphatic carbocycles. The predicted molar refractivity (Wildman–Crippen MR) is 102 cm³/mol. The molecule has 2 rings (SSSR count). The summed E-state index contributed by atoms with van der Waals surface area (Å²) in [7, 11) is 0. The highest BCUT2D eigenvalue weighted by molar-refractivity contribution is 5.86. The van der Waals surface area contributed by atoms with Crippen molar-refractivity contribution < 1.29 is 13.9 Å². The molecule has 4 heteroatoms. The molecule has 1 aromatic carbocycles. The fraction of sp³-hybridized carbons (Fsp3) is 0.190. The summed E-state index contributed by atoms with van der Waals surface area (Å²) >= 11 is 0.